The monoisotopic (exact) mass is 358 g/mol. The lowest BCUT2D eigenvalue weighted by Gasteiger charge is -2.38. The number of nitrogens with zero attached hydrogens (tertiary/aromatic N) is 1. The Bertz CT molecular complexity index is 599. The zero-order chi connectivity index (χ0) is 18.6. The maximum atomic E-state index is 10.7. The molecule has 1 aliphatic rings. The Balaban J connectivity index is 2.18. The van der Waals surface area contributed by atoms with Gasteiger partial charge >= 0.3 is 0 Å². The first-order valence-corrected chi connectivity index (χ1v) is 7.65. The van der Waals surface area contributed by atoms with E-state index in [1.54, 1.807) is 32.4 Å². The number of aliphatic hydroxyl groups excluding tert-OH is 3. The average Bonchev–Trinajstić information content (AvgIpc) is 2.58. The van der Waals surface area contributed by atoms with Crippen LogP contribution in [0.2, 0.25) is 0 Å². The molecule has 10 nitrogen and oxygen atoms in total. The number of aliphatic hydroxyl groups is 3. The van der Waals surface area contributed by atoms with Gasteiger partial charge in [0.1, 0.15) is 24.1 Å². The summed E-state index contributed by atoms with van der Waals surface area (Å²) in [4.78, 5) is 10.0. The van der Waals surface area contributed by atoms with Gasteiger partial charge in [-0.3, -0.25) is 10.1 Å². The lowest BCUT2D eigenvalue weighted by atomic mass is 9.99. The molecule has 25 heavy (non-hydrogen) atoms. The number of hydrogen-bond acceptors (Lipinski definition) is 9. The van der Waals surface area contributed by atoms with E-state index in [9.17, 15) is 25.4 Å². The highest BCUT2D eigenvalue weighted by Crippen LogP contribution is 2.30. The number of nitrogens with one attached hydrogen (secondary N) is 1. The summed E-state index contributed by atoms with van der Waals surface area (Å²) < 4.78 is 15.9. The molecule has 0 amide bonds. The molecule has 2 rings (SSSR count). The molecule has 4 N–H and O–H groups in total. The summed E-state index contributed by atoms with van der Waals surface area (Å²) in [5.74, 6) is 0.315. The van der Waals surface area contributed by atoms with E-state index in [0.717, 1.165) is 5.56 Å². The van der Waals surface area contributed by atoms with Gasteiger partial charge in [-0.05, 0) is 17.7 Å². The molecule has 0 aromatic heterocycles. The smallest absolute Gasteiger partial charge is 0.232 e. The standard InChI is InChI=1S/C15H22N2O8/c1-16-9-5-8(7-23-2)3-4-10(9)24-15-14(20)13(19)12(18)11(25-15)6-17(21)22/h3-5,11-16,18-20H,6-7H2,1-2H3. The van der Waals surface area contributed by atoms with Crippen molar-refractivity contribution in [1.29, 1.82) is 0 Å². The van der Waals surface area contributed by atoms with Crippen LogP contribution in [-0.2, 0) is 16.1 Å². The Labute approximate surface area is 144 Å². The number of ether oxygens (including phenoxy) is 3. The molecule has 1 saturated heterocycles. The van der Waals surface area contributed by atoms with Crippen LogP contribution in [0.3, 0.4) is 0 Å². The van der Waals surface area contributed by atoms with Gasteiger partial charge in [0.05, 0.1) is 12.3 Å². The predicted molar refractivity (Wildman–Crippen MR) is 85.9 cm³/mol. The summed E-state index contributed by atoms with van der Waals surface area (Å²) in [7, 11) is 3.24. The van der Waals surface area contributed by atoms with E-state index in [0.29, 0.717) is 18.0 Å². The first-order valence-electron chi connectivity index (χ1n) is 7.65. The fourth-order valence-electron chi connectivity index (χ4n) is 2.57. The minimum absolute atomic E-state index is 0.315. The van der Waals surface area contributed by atoms with Crippen LogP contribution in [0.5, 0.6) is 5.75 Å². The molecule has 0 spiro atoms. The summed E-state index contributed by atoms with van der Waals surface area (Å²) in [6.45, 7) is -0.330. The number of benzene rings is 1. The fourth-order valence-corrected chi connectivity index (χ4v) is 2.57. The molecule has 0 saturated carbocycles. The minimum Gasteiger partial charge on any atom is -0.460 e. The van der Waals surface area contributed by atoms with Gasteiger partial charge in [0.15, 0.2) is 6.10 Å². The van der Waals surface area contributed by atoms with Crippen molar-refractivity contribution in [1.82, 2.24) is 0 Å². The molecule has 1 heterocycles. The number of rotatable bonds is 7. The zero-order valence-electron chi connectivity index (χ0n) is 13.9. The predicted octanol–water partition coefficient (Wildman–Crippen LogP) is -0.662. The Kier molecular flexibility index (Phi) is 6.51. The Morgan fingerprint density at radius 3 is 2.60 bits per heavy atom. The number of hydrogen-bond donors (Lipinski definition) is 4. The van der Waals surface area contributed by atoms with Gasteiger partial charge in [-0.1, -0.05) is 6.07 Å². The van der Waals surface area contributed by atoms with Gasteiger partial charge in [-0.2, -0.15) is 0 Å². The van der Waals surface area contributed by atoms with Crippen molar-refractivity contribution in [2.45, 2.75) is 37.3 Å². The number of methoxy groups -OCH3 is 1. The van der Waals surface area contributed by atoms with E-state index in [4.69, 9.17) is 14.2 Å². The Morgan fingerprint density at radius 2 is 2.00 bits per heavy atom. The largest absolute Gasteiger partial charge is 0.460 e. The van der Waals surface area contributed by atoms with Crippen molar-refractivity contribution in [3.05, 3.63) is 33.9 Å². The first-order chi connectivity index (χ1) is 11.9. The van der Waals surface area contributed by atoms with Crippen LogP contribution >= 0.6 is 0 Å². The second-order valence-corrected chi connectivity index (χ2v) is 5.66. The third kappa shape index (κ3) is 4.55. The van der Waals surface area contributed by atoms with E-state index in [2.05, 4.69) is 5.32 Å². The molecular formula is C15H22N2O8. The van der Waals surface area contributed by atoms with Crippen LogP contribution in [0.15, 0.2) is 18.2 Å². The van der Waals surface area contributed by atoms with Crippen LogP contribution in [0.1, 0.15) is 5.56 Å². The van der Waals surface area contributed by atoms with Crippen LogP contribution in [0.4, 0.5) is 5.69 Å². The SMILES string of the molecule is CNc1cc(COC)ccc1OC1OC(C[N+](=O)[O-])C(O)C(O)C1O. The van der Waals surface area contributed by atoms with Gasteiger partial charge in [0.2, 0.25) is 12.8 Å². The van der Waals surface area contributed by atoms with Gasteiger partial charge in [0.25, 0.3) is 0 Å². The van der Waals surface area contributed by atoms with Crippen molar-refractivity contribution in [2.24, 2.45) is 0 Å². The molecular weight excluding hydrogens is 336 g/mol. The highest BCUT2D eigenvalue weighted by atomic mass is 16.7. The van der Waals surface area contributed by atoms with Crippen LogP contribution in [0, 0.1) is 10.1 Å². The second kappa shape index (κ2) is 8.41. The second-order valence-electron chi connectivity index (χ2n) is 5.66. The van der Waals surface area contributed by atoms with Crippen molar-refractivity contribution < 1.29 is 34.5 Å². The number of anilines is 1. The van der Waals surface area contributed by atoms with Crippen molar-refractivity contribution >= 4 is 5.69 Å². The van der Waals surface area contributed by atoms with Gasteiger partial charge in [-0.25, -0.2) is 0 Å². The average molecular weight is 358 g/mol. The first kappa shape index (κ1) is 19.3. The topological polar surface area (TPSA) is 144 Å². The quantitative estimate of drug-likeness (QED) is 0.369. The number of nitro groups is 1. The zero-order valence-corrected chi connectivity index (χ0v) is 13.9. The maximum Gasteiger partial charge on any atom is 0.232 e. The van der Waals surface area contributed by atoms with Crippen LogP contribution < -0.4 is 10.1 Å². The summed E-state index contributed by atoms with van der Waals surface area (Å²) in [6.07, 6.45) is -7.46. The third-order valence-electron chi connectivity index (χ3n) is 3.86. The molecule has 140 valence electrons. The molecule has 1 aromatic carbocycles. The summed E-state index contributed by atoms with van der Waals surface area (Å²) in [5, 5.41) is 43.4. The van der Waals surface area contributed by atoms with Crippen molar-refractivity contribution in [3.8, 4) is 5.75 Å². The van der Waals surface area contributed by atoms with Crippen molar-refractivity contribution in [3.63, 3.8) is 0 Å². The lowest BCUT2D eigenvalue weighted by molar-refractivity contribution is -0.501. The Morgan fingerprint density at radius 1 is 1.28 bits per heavy atom. The molecule has 5 atom stereocenters. The van der Waals surface area contributed by atoms with E-state index >= 15 is 0 Å². The van der Waals surface area contributed by atoms with Crippen molar-refractivity contribution in [2.75, 3.05) is 26.0 Å². The van der Waals surface area contributed by atoms with Gasteiger partial charge < -0.3 is 34.8 Å². The molecule has 5 unspecified atom stereocenters. The molecule has 0 aliphatic carbocycles. The third-order valence-corrected chi connectivity index (χ3v) is 3.86. The Hall–Kier alpha value is -1.98. The molecule has 1 fully saturated rings. The summed E-state index contributed by atoms with van der Waals surface area (Å²) in [5.41, 5.74) is 1.46. The molecule has 0 bridgehead atoms. The van der Waals surface area contributed by atoms with Crippen LogP contribution in [-0.4, -0.2) is 71.7 Å². The normalized spacial score (nSPS) is 29.2. The summed E-state index contributed by atoms with van der Waals surface area (Å²) >= 11 is 0. The highest BCUT2D eigenvalue weighted by Gasteiger charge is 2.47. The fraction of sp³-hybridized carbons (Fsp3) is 0.600. The molecule has 1 aromatic rings. The summed E-state index contributed by atoms with van der Waals surface area (Å²) in [6, 6.07) is 5.14. The van der Waals surface area contributed by atoms with Gasteiger partial charge in [0, 0.05) is 19.1 Å². The van der Waals surface area contributed by atoms with Gasteiger partial charge in [-0.15, -0.1) is 0 Å². The molecule has 1 aliphatic heterocycles. The van der Waals surface area contributed by atoms with E-state index < -0.39 is 42.2 Å². The lowest BCUT2D eigenvalue weighted by Crippen LogP contribution is -2.60. The van der Waals surface area contributed by atoms with E-state index in [-0.39, 0.29) is 0 Å². The van der Waals surface area contributed by atoms with E-state index in [1.807, 2.05) is 0 Å². The molecule has 10 heteroatoms. The minimum atomic E-state index is -1.63. The van der Waals surface area contributed by atoms with E-state index in [1.165, 1.54) is 0 Å². The highest BCUT2D eigenvalue weighted by molar-refractivity contribution is 5.57. The molecule has 0 radical (unpaired) electrons. The maximum absolute atomic E-state index is 10.7. The van der Waals surface area contributed by atoms with Crippen LogP contribution in [0.25, 0.3) is 0 Å².